The highest BCUT2D eigenvalue weighted by molar-refractivity contribution is 5.89. The van der Waals surface area contributed by atoms with Crippen LogP contribution in [0.25, 0.3) is 6.08 Å². The highest BCUT2D eigenvalue weighted by Crippen LogP contribution is 2.33. The summed E-state index contributed by atoms with van der Waals surface area (Å²) in [5, 5.41) is 12.1. The maximum atomic E-state index is 13.9. The lowest BCUT2D eigenvalue weighted by atomic mass is 9.88. The van der Waals surface area contributed by atoms with E-state index in [4.69, 9.17) is 9.84 Å². The van der Waals surface area contributed by atoms with E-state index in [0.717, 1.165) is 11.6 Å². The van der Waals surface area contributed by atoms with Crippen molar-refractivity contribution in [2.75, 3.05) is 18.0 Å². The average Bonchev–Trinajstić information content (AvgIpc) is 3.15. The molecule has 0 bridgehead atoms. The fourth-order valence-corrected chi connectivity index (χ4v) is 3.81. The van der Waals surface area contributed by atoms with E-state index >= 15 is 0 Å². The smallest absolute Gasteiger partial charge is 0.416 e. The zero-order chi connectivity index (χ0) is 23.4. The van der Waals surface area contributed by atoms with Gasteiger partial charge < -0.3 is 15.2 Å². The van der Waals surface area contributed by atoms with Crippen LogP contribution in [0.2, 0.25) is 0 Å². The van der Waals surface area contributed by atoms with Crippen LogP contribution >= 0.6 is 0 Å². The van der Waals surface area contributed by atoms with E-state index in [-0.39, 0.29) is 5.82 Å². The lowest BCUT2D eigenvalue weighted by Gasteiger charge is -2.40. The number of aliphatic carboxylic acids is 1. The van der Waals surface area contributed by atoms with Crippen LogP contribution in [0.15, 0.2) is 48.7 Å². The summed E-state index contributed by atoms with van der Waals surface area (Å²) in [6, 6.07) is 9.71. The number of halogens is 1. The summed E-state index contributed by atoms with van der Waals surface area (Å²) < 4.78 is 19.6. The van der Waals surface area contributed by atoms with Crippen molar-refractivity contribution in [2.45, 2.75) is 44.8 Å². The van der Waals surface area contributed by atoms with Gasteiger partial charge in [0.1, 0.15) is 17.2 Å². The van der Waals surface area contributed by atoms with Gasteiger partial charge in [-0.25, -0.2) is 19.0 Å². The zero-order valence-corrected chi connectivity index (χ0v) is 18.5. The van der Waals surface area contributed by atoms with Gasteiger partial charge in [0.15, 0.2) is 0 Å². The molecule has 1 aliphatic rings. The minimum absolute atomic E-state index is 0.333. The standard InChI is InChI=1S/C24H28FN3O4/c1-23(2,3)32-22(31)28(20-9-7-17(15-27-20)8-10-21(29)30)24(11-12-26-16-24)14-18-5-4-6-19(25)13-18/h4-10,13,15,26H,11-12,14,16H2,1-3H3,(H,29,30)/b10-8+/t24-/m0/s1. The number of nitrogens with zero attached hydrogens (tertiary/aromatic N) is 2. The first-order valence-electron chi connectivity index (χ1n) is 10.4. The minimum atomic E-state index is -1.06. The molecule has 0 aliphatic carbocycles. The molecule has 32 heavy (non-hydrogen) atoms. The van der Waals surface area contributed by atoms with Gasteiger partial charge in [0.25, 0.3) is 0 Å². The van der Waals surface area contributed by atoms with E-state index in [1.165, 1.54) is 24.4 Å². The molecule has 2 heterocycles. The molecule has 1 aromatic carbocycles. The zero-order valence-electron chi connectivity index (χ0n) is 18.5. The van der Waals surface area contributed by atoms with E-state index in [2.05, 4.69) is 10.3 Å². The molecule has 2 N–H and O–H groups in total. The van der Waals surface area contributed by atoms with Crippen LogP contribution in [0.3, 0.4) is 0 Å². The Morgan fingerprint density at radius 3 is 2.66 bits per heavy atom. The number of anilines is 1. The fraction of sp³-hybridized carbons (Fsp3) is 0.375. The summed E-state index contributed by atoms with van der Waals surface area (Å²) in [7, 11) is 0. The van der Waals surface area contributed by atoms with E-state index in [0.29, 0.717) is 37.3 Å². The average molecular weight is 442 g/mol. The molecule has 8 heteroatoms. The predicted molar refractivity (Wildman–Crippen MR) is 120 cm³/mol. The second-order valence-corrected chi connectivity index (χ2v) is 8.89. The first kappa shape index (κ1) is 23.4. The number of amides is 1. The molecule has 1 aliphatic heterocycles. The van der Waals surface area contributed by atoms with Crippen molar-refractivity contribution in [3.63, 3.8) is 0 Å². The molecule has 170 valence electrons. The van der Waals surface area contributed by atoms with Gasteiger partial charge >= 0.3 is 12.1 Å². The van der Waals surface area contributed by atoms with Gasteiger partial charge in [0.2, 0.25) is 0 Å². The molecule has 0 spiro atoms. The minimum Gasteiger partial charge on any atom is -0.478 e. The Hall–Kier alpha value is -3.26. The van der Waals surface area contributed by atoms with Crippen LogP contribution in [-0.4, -0.2) is 46.4 Å². The summed E-state index contributed by atoms with van der Waals surface area (Å²) in [5.74, 6) is -1.01. The van der Waals surface area contributed by atoms with Crippen molar-refractivity contribution in [1.29, 1.82) is 0 Å². The summed E-state index contributed by atoms with van der Waals surface area (Å²) in [6.07, 6.45) is 4.46. The van der Waals surface area contributed by atoms with Gasteiger partial charge in [-0.05, 0) is 81.6 Å². The molecule has 1 atom stereocenters. The monoisotopic (exact) mass is 441 g/mol. The lowest BCUT2D eigenvalue weighted by molar-refractivity contribution is -0.131. The molecule has 0 radical (unpaired) electrons. The summed E-state index contributed by atoms with van der Waals surface area (Å²) in [5.41, 5.74) is -0.0695. The Labute approximate surface area is 186 Å². The number of benzene rings is 1. The summed E-state index contributed by atoms with van der Waals surface area (Å²) in [4.78, 5) is 30.1. The second kappa shape index (κ2) is 9.48. The Kier molecular flexibility index (Phi) is 6.93. The van der Waals surface area contributed by atoms with Gasteiger partial charge in [0, 0.05) is 18.8 Å². The third-order valence-corrected chi connectivity index (χ3v) is 5.11. The number of hydrogen-bond donors (Lipinski definition) is 2. The van der Waals surface area contributed by atoms with E-state index in [1.54, 1.807) is 43.9 Å². The van der Waals surface area contributed by atoms with Crippen LogP contribution in [0.4, 0.5) is 15.0 Å². The molecular formula is C24H28FN3O4. The third-order valence-electron chi connectivity index (χ3n) is 5.11. The van der Waals surface area contributed by atoms with Crippen LogP contribution in [0.1, 0.15) is 38.3 Å². The lowest BCUT2D eigenvalue weighted by Crippen LogP contribution is -2.56. The van der Waals surface area contributed by atoms with Gasteiger partial charge in [0.05, 0.1) is 5.54 Å². The number of carbonyl (C=O) groups excluding carboxylic acids is 1. The number of carboxylic acids is 1. The molecular weight excluding hydrogens is 413 g/mol. The Balaban J connectivity index is 2.02. The van der Waals surface area contributed by atoms with Crippen molar-refractivity contribution in [1.82, 2.24) is 10.3 Å². The molecule has 1 amide bonds. The first-order chi connectivity index (χ1) is 15.1. The van der Waals surface area contributed by atoms with Crippen LogP contribution < -0.4 is 10.2 Å². The van der Waals surface area contributed by atoms with E-state index < -0.39 is 23.2 Å². The quantitative estimate of drug-likeness (QED) is 0.658. The molecule has 0 saturated carbocycles. The number of hydrogen-bond acceptors (Lipinski definition) is 5. The highest BCUT2D eigenvalue weighted by Gasteiger charge is 2.45. The number of ether oxygens (including phenoxy) is 1. The van der Waals surface area contributed by atoms with Gasteiger partial charge in [-0.1, -0.05) is 12.1 Å². The Bertz CT molecular complexity index is 993. The molecule has 3 rings (SSSR count). The molecule has 2 aromatic rings. The van der Waals surface area contributed by atoms with Gasteiger partial charge in [-0.3, -0.25) is 4.90 Å². The molecule has 1 aromatic heterocycles. The predicted octanol–water partition coefficient (Wildman–Crippen LogP) is 4.03. The van der Waals surface area contributed by atoms with Crippen LogP contribution in [0, 0.1) is 5.82 Å². The maximum absolute atomic E-state index is 13.9. The molecule has 0 unspecified atom stereocenters. The normalized spacial score (nSPS) is 18.6. The number of carboxylic acid groups (broad SMARTS) is 1. The molecule has 7 nitrogen and oxygen atoms in total. The first-order valence-corrected chi connectivity index (χ1v) is 10.4. The number of carbonyl (C=O) groups is 2. The third kappa shape index (κ3) is 5.91. The largest absolute Gasteiger partial charge is 0.478 e. The molecule has 1 fully saturated rings. The number of aromatic nitrogens is 1. The number of nitrogens with one attached hydrogen (secondary N) is 1. The summed E-state index contributed by atoms with van der Waals surface area (Å²) in [6.45, 7) is 6.56. The highest BCUT2D eigenvalue weighted by atomic mass is 19.1. The SMILES string of the molecule is CC(C)(C)OC(=O)N(c1ccc(/C=C/C(=O)O)cn1)[C@]1(Cc2cccc(F)c2)CCNC1. The number of rotatable bonds is 6. The van der Waals surface area contributed by atoms with Crippen molar-refractivity contribution in [3.8, 4) is 0 Å². The number of pyridine rings is 1. The van der Waals surface area contributed by atoms with Crippen LogP contribution in [0.5, 0.6) is 0 Å². The Morgan fingerprint density at radius 1 is 1.31 bits per heavy atom. The van der Waals surface area contributed by atoms with Crippen LogP contribution in [-0.2, 0) is 16.0 Å². The van der Waals surface area contributed by atoms with Crippen molar-refractivity contribution < 1.29 is 23.8 Å². The van der Waals surface area contributed by atoms with Crippen molar-refractivity contribution in [3.05, 3.63) is 65.6 Å². The molecule has 1 saturated heterocycles. The second-order valence-electron chi connectivity index (χ2n) is 8.89. The van der Waals surface area contributed by atoms with E-state index in [1.807, 2.05) is 6.07 Å². The fourth-order valence-electron chi connectivity index (χ4n) is 3.81. The van der Waals surface area contributed by atoms with Gasteiger partial charge in [-0.15, -0.1) is 0 Å². The van der Waals surface area contributed by atoms with E-state index in [9.17, 15) is 14.0 Å². The van der Waals surface area contributed by atoms with Crippen molar-refractivity contribution in [2.24, 2.45) is 0 Å². The van der Waals surface area contributed by atoms with Gasteiger partial charge in [-0.2, -0.15) is 0 Å². The summed E-state index contributed by atoms with van der Waals surface area (Å²) >= 11 is 0. The maximum Gasteiger partial charge on any atom is 0.416 e. The van der Waals surface area contributed by atoms with Crippen molar-refractivity contribution >= 4 is 24.0 Å². The Morgan fingerprint density at radius 2 is 2.09 bits per heavy atom. The topological polar surface area (TPSA) is 91.8 Å².